The van der Waals surface area contributed by atoms with E-state index >= 15 is 0 Å². The number of hydrogen-bond donors (Lipinski definition) is 2. The number of aromatic carboxylic acids is 1. The van der Waals surface area contributed by atoms with Crippen molar-refractivity contribution < 1.29 is 14.8 Å². The first-order valence-electron chi connectivity index (χ1n) is 4.64. The van der Waals surface area contributed by atoms with Gasteiger partial charge in [-0.15, -0.1) is 0 Å². The van der Waals surface area contributed by atoms with Gasteiger partial charge >= 0.3 is 5.97 Å². The van der Waals surface area contributed by atoms with Crippen LogP contribution in [-0.4, -0.2) is 21.7 Å². The number of hydrogen-bond acceptors (Lipinski definition) is 7. The maximum atomic E-state index is 10.8. The average Bonchev–Trinajstić information content (AvgIpc) is 2.39. The van der Waals surface area contributed by atoms with Gasteiger partial charge in [0.1, 0.15) is 12.1 Å². The Balaban J connectivity index is 3.19. The van der Waals surface area contributed by atoms with Crippen molar-refractivity contribution in [2.75, 3.05) is 5.43 Å². The van der Waals surface area contributed by atoms with E-state index in [1.165, 1.54) is 12.1 Å². The van der Waals surface area contributed by atoms with Crippen LogP contribution in [0.2, 0.25) is 0 Å². The number of nitrogens with zero attached hydrogens (tertiary/aromatic N) is 4. The molecule has 0 amide bonds. The summed E-state index contributed by atoms with van der Waals surface area (Å²) >= 11 is 0. The van der Waals surface area contributed by atoms with E-state index in [1.807, 2.05) is 0 Å². The summed E-state index contributed by atoms with van der Waals surface area (Å²) in [6, 6.07) is 5.95. The largest absolute Gasteiger partial charge is 0.478 e. The van der Waals surface area contributed by atoms with Crippen molar-refractivity contribution in [1.29, 1.82) is 10.5 Å². The Morgan fingerprint density at radius 2 is 2.00 bits per heavy atom. The number of nitro benzene ring substituents is 1. The number of nitriles is 2. The highest BCUT2D eigenvalue weighted by Crippen LogP contribution is 2.21. The Kier molecular flexibility index (Phi) is 4.11. The van der Waals surface area contributed by atoms with Crippen LogP contribution in [0.4, 0.5) is 11.4 Å². The van der Waals surface area contributed by atoms with Crippen molar-refractivity contribution in [3.8, 4) is 12.1 Å². The zero-order chi connectivity index (χ0) is 14.4. The molecule has 0 aliphatic heterocycles. The third kappa shape index (κ3) is 3.51. The zero-order valence-electron chi connectivity index (χ0n) is 9.19. The van der Waals surface area contributed by atoms with Crippen LogP contribution in [0, 0.1) is 32.8 Å². The Labute approximate surface area is 106 Å². The predicted molar refractivity (Wildman–Crippen MR) is 62.3 cm³/mol. The summed E-state index contributed by atoms with van der Waals surface area (Å²) in [4.78, 5) is 20.6. The molecule has 0 spiro atoms. The highest BCUT2D eigenvalue weighted by Gasteiger charge is 2.13. The Morgan fingerprint density at radius 1 is 1.37 bits per heavy atom. The number of nitrogens with one attached hydrogen (secondary N) is 1. The van der Waals surface area contributed by atoms with E-state index in [2.05, 4.69) is 10.5 Å². The number of anilines is 1. The first-order chi connectivity index (χ1) is 8.97. The van der Waals surface area contributed by atoms with Gasteiger partial charge in [-0.2, -0.15) is 15.6 Å². The molecule has 0 fully saturated rings. The van der Waals surface area contributed by atoms with Crippen molar-refractivity contribution in [3.05, 3.63) is 33.9 Å². The number of benzene rings is 1. The van der Waals surface area contributed by atoms with Crippen molar-refractivity contribution in [2.45, 2.75) is 0 Å². The van der Waals surface area contributed by atoms with Gasteiger partial charge in [0, 0.05) is 12.1 Å². The van der Waals surface area contributed by atoms with Gasteiger partial charge in [0.2, 0.25) is 5.71 Å². The molecule has 1 aromatic rings. The number of hydrazone groups is 1. The maximum Gasteiger partial charge on any atom is 0.336 e. The molecule has 19 heavy (non-hydrogen) atoms. The van der Waals surface area contributed by atoms with E-state index in [0.29, 0.717) is 0 Å². The fraction of sp³-hybridized carbons (Fsp3) is 0. The summed E-state index contributed by atoms with van der Waals surface area (Å²) < 4.78 is 0. The van der Waals surface area contributed by atoms with E-state index in [0.717, 1.165) is 18.2 Å². The number of non-ortho nitro benzene ring substituents is 1. The van der Waals surface area contributed by atoms with Gasteiger partial charge < -0.3 is 5.11 Å². The monoisotopic (exact) mass is 259 g/mol. The number of carbonyl (C=O) groups is 1. The number of rotatable bonds is 4. The Hall–Kier alpha value is -3.46. The fourth-order valence-corrected chi connectivity index (χ4v) is 1.10. The molecule has 0 atom stereocenters. The Morgan fingerprint density at radius 3 is 2.47 bits per heavy atom. The lowest BCUT2D eigenvalue weighted by Crippen LogP contribution is -2.02. The van der Waals surface area contributed by atoms with Gasteiger partial charge in [0.25, 0.3) is 5.69 Å². The molecule has 1 aromatic carbocycles. The molecule has 0 bridgehead atoms. The molecule has 0 heterocycles. The zero-order valence-corrected chi connectivity index (χ0v) is 9.19. The quantitative estimate of drug-likeness (QED) is 0.466. The second-order valence-electron chi connectivity index (χ2n) is 3.13. The molecular weight excluding hydrogens is 254 g/mol. The number of nitro groups is 1. The number of carboxylic acids is 1. The summed E-state index contributed by atoms with van der Waals surface area (Å²) in [6.07, 6.45) is 0. The second-order valence-corrected chi connectivity index (χ2v) is 3.13. The van der Waals surface area contributed by atoms with Gasteiger partial charge in [0.15, 0.2) is 0 Å². The van der Waals surface area contributed by atoms with Gasteiger partial charge in [-0.05, 0) is 6.07 Å². The molecule has 0 saturated heterocycles. The van der Waals surface area contributed by atoms with Crippen molar-refractivity contribution in [2.24, 2.45) is 5.10 Å². The SMILES string of the molecule is N#CC(C#N)=NNc1cc(C(=O)O)cc([N+](=O)[O-])c1. The van der Waals surface area contributed by atoms with E-state index in [1.54, 1.807) is 0 Å². The molecule has 0 saturated carbocycles. The minimum Gasteiger partial charge on any atom is -0.478 e. The van der Waals surface area contributed by atoms with Crippen LogP contribution in [0.3, 0.4) is 0 Å². The van der Waals surface area contributed by atoms with E-state index in [9.17, 15) is 14.9 Å². The molecule has 9 nitrogen and oxygen atoms in total. The molecule has 0 aliphatic carbocycles. The normalized spacial score (nSPS) is 8.74. The first-order valence-corrected chi connectivity index (χ1v) is 4.64. The van der Waals surface area contributed by atoms with Crippen molar-refractivity contribution in [3.63, 3.8) is 0 Å². The highest BCUT2D eigenvalue weighted by atomic mass is 16.6. The Bertz CT molecular complexity index is 605. The molecular formula is C10H5N5O4. The lowest BCUT2D eigenvalue weighted by atomic mass is 10.2. The summed E-state index contributed by atoms with van der Waals surface area (Å²) in [5.74, 6) is -1.35. The van der Waals surface area contributed by atoms with E-state index in [-0.39, 0.29) is 11.3 Å². The minimum absolute atomic E-state index is 0.0189. The van der Waals surface area contributed by atoms with Crippen LogP contribution in [-0.2, 0) is 0 Å². The summed E-state index contributed by atoms with van der Waals surface area (Å²) in [7, 11) is 0. The fourth-order valence-electron chi connectivity index (χ4n) is 1.10. The van der Waals surface area contributed by atoms with Crippen LogP contribution in [0.1, 0.15) is 10.4 Å². The van der Waals surface area contributed by atoms with E-state index in [4.69, 9.17) is 15.6 Å². The molecule has 9 heteroatoms. The molecule has 0 aromatic heterocycles. The smallest absolute Gasteiger partial charge is 0.336 e. The van der Waals surface area contributed by atoms with Crippen LogP contribution in [0.15, 0.2) is 23.3 Å². The molecule has 0 aliphatic rings. The molecule has 1 rings (SSSR count). The minimum atomic E-state index is -1.35. The first kappa shape index (κ1) is 13.6. The summed E-state index contributed by atoms with van der Waals surface area (Å²) in [6.45, 7) is 0. The molecule has 0 unspecified atom stereocenters. The molecule has 2 N–H and O–H groups in total. The summed E-state index contributed by atoms with van der Waals surface area (Å²) in [5.41, 5.74) is 0.928. The highest BCUT2D eigenvalue weighted by molar-refractivity contribution is 6.10. The van der Waals surface area contributed by atoms with Crippen molar-refractivity contribution in [1.82, 2.24) is 0 Å². The molecule has 0 radical (unpaired) electrons. The van der Waals surface area contributed by atoms with Crippen LogP contribution < -0.4 is 5.43 Å². The topological polar surface area (TPSA) is 152 Å². The van der Waals surface area contributed by atoms with Crippen molar-refractivity contribution >= 4 is 23.1 Å². The average molecular weight is 259 g/mol. The van der Waals surface area contributed by atoms with E-state index < -0.39 is 22.3 Å². The molecule has 94 valence electrons. The third-order valence-electron chi connectivity index (χ3n) is 1.88. The van der Waals surface area contributed by atoms with Gasteiger partial charge in [-0.1, -0.05) is 0 Å². The van der Waals surface area contributed by atoms with Gasteiger partial charge in [0.05, 0.1) is 16.2 Å². The lowest BCUT2D eigenvalue weighted by molar-refractivity contribution is -0.384. The lowest BCUT2D eigenvalue weighted by Gasteiger charge is -2.02. The second kappa shape index (κ2) is 5.75. The van der Waals surface area contributed by atoms with Crippen LogP contribution >= 0.6 is 0 Å². The summed E-state index contributed by atoms with van der Waals surface area (Å²) in [5, 5.41) is 39.7. The van der Waals surface area contributed by atoms with Gasteiger partial charge in [-0.25, -0.2) is 4.79 Å². The van der Waals surface area contributed by atoms with Crippen LogP contribution in [0.5, 0.6) is 0 Å². The van der Waals surface area contributed by atoms with Crippen LogP contribution in [0.25, 0.3) is 0 Å². The third-order valence-corrected chi connectivity index (χ3v) is 1.88. The standard InChI is InChI=1S/C10H5N5O4/c11-4-8(5-12)14-13-7-1-6(10(16)17)2-9(3-7)15(18)19/h1-3,13H,(H,16,17). The van der Waals surface area contributed by atoms with Gasteiger partial charge in [-0.3, -0.25) is 15.5 Å². The number of carboxylic acid groups (broad SMARTS) is 1. The maximum absolute atomic E-state index is 10.8. The predicted octanol–water partition coefficient (Wildman–Crippen LogP) is 1.11.